The van der Waals surface area contributed by atoms with Crippen LogP contribution in [0.3, 0.4) is 0 Å². The smallest absolute Gasteiger partial charge is 0.495 e. The average molecular weight is 541 g/mol. The number of benzene rings is 2. The molecule has 36 heavy (non-hydrogen) atoms. The maximum Gasteiger partial charge on any atom is 0.573 e. The van der Waals surface area contributed by atoms with Crippen molar-refractivity contribution in [2.75, 3.05) is 42.9 Å². The molecule has 1 fully saturated rings. The van der Waals surface area contributed by atoms with Crippen LogP contribution in [-0.4, -0.2) is 60.6 Å². The van der Waals surface area contributed by atoms with Gasteiger partial charge in [-0.1, -0.05) is 12.1 Å². The van der Waals surface area contributed by atoms with E-state index in [2.05, 4.69) is 24.2 Å². The Hall–Kier alpha value is -3.16. The van der Waals surface area contributed by atoms with Gasteiger partial charge in [0, 0.05) is 50.1 Å². The van der Waals surface area contributed by atoms with E-state index >= 15 is 0 Å². The van der Waals surface area contributed by atoms with Gasteiger partial charge < -0.3 is 24.2 Å². The highest BCUT2D eigenvalue weighted by molar-refractivity contribution is 8.00. The van der Waals surface area contributed by atoms with Crippen LogP contribution in [0.1, 0.15) is 15.9 Å². The molecule has 2 heterocycles. The molecule has 2 aromatic carbocycles. The normalized spacial score (nSPS) is 14.5. The minimum absolute atomic E-state index is 0.143. The zero-order chi connectivity index (χ0) is 25.7. The van der Waals surface area contributed by atoms with Crippen LogP contribution in [-0.2, 0) is 6.54 Å². The Labute approximate surface area is 213 Å². The third-order valence-electron chi connectivity index (χ3n) is 5.39. The van der Waals surface area contributed by atoms with Gasteiger partial charge in [0.1, 0.15) is 16.5 Å². The van der Waals surface area contributed by atoms with Crippen LogP contribution in [0.25, 0.3) is 0 Å². The number of carboxylic acids is 1. The summed E-state index contributed by atoms with van der Waals surface area (Å²) in [6, 6.07) is 10.6. The first-order valence-electron chi connectivity index (χ1n) is 10.8. The van der Waals surface area contributed by atoms with E-state index in [0.717, 1.165) is 41.9 Å². The van der Waals surface area contributed by atoms with Crippen molar-refractivity contribution in [2.24, 2.45) is 0 Å². The summed E-state index contributed by atoms with van der Waals surface area (Å²) in [5, 5.41) is 12.8. The summed E-state index contributed by atoms with van der Waals surface area (Å²) >= 11 is 2.85. The van der Waals surface area contributed by atoms with E-state index in [4.69, 9.17) is 9.84 Å². The van der Waals surface area contributed by atoms with Crippen molar-refractivity contribution in [3.8, 4) is 11.5 Å². The highest BCUT2D eigenvalue weighted by atomic mass is 32.2. The Morgan fingerprint density at radius 1 is 1.17 bits per heavy atom. The average Bonchev–Trinajstić information content (AvgIpc) is 3.32. The van der Waals surface area contributed by atoms with Crippen molar-refractivity contribution in [1.82, 2.24) is 9.88 Å². The fourth-order valence-electron chi connectivity index (χ4n) is 3.61. The van der Waals surface area contributed by atoms with Crippen LogP contribution in [0.4, 0.5) is 24.0 Å². The van der Waals surface area contributed by atoms with Crippen LogP contribution in [0.5, 0.6) is 11.5 Å². The summed E-state index contributed by atoms with van der Waals surface area (Å²) < 4.78 is 49.3. The molecule has 0 saturated carbocycles. The number of carboxylic acid groups (broad SMARTS) is 1. The molecule has 2 N–H and O–H groups in total. The molecule has 0 unspecified atom stereocenters. The summed E-state index contributed by atoms with van der Waals surface area (Å²) in [4.78, 5) is 20.3. The number of nitrogens with one attached hydrogen (secondary N) is 1. The number of aromatic nitrogens is 1. The van der Waals surface area contributed by atoms with Crippen LogP contribution in [0, 0.1) is 0 Å². The van der Waals surface area contributed by atoms with Crippen molar-refractivity contribution in [3.63, 3.8) is 0 Å². The number of rotatable bonds is 9. The van der Waals surface area contributed by atoms with Gasteiger partial charge in [0.15, 0.2) is 5.13 Å². The molecule has 192 valence electrons. The van der Waals surface area contributed by atoms with Gasteiger partial charge >= 0.3 is 12.3 Å². The molecule has 0 amide bonds. The lowest BCUT2D eigenvalue weighted by molar-refractivity contribution is -0.274. The van der Waals surface area contributed by atoms with Crippen LogP contribution < -0.4 is 19.1 Å². The quantitative estimate of drug-likeness (QED) is 0.356. The minimum Gasteiger partial charge on any atom is -0.495 e. The molecular formula is C23H23F3N4O4S2. The maximum absolute atomic E-state index is 12.3. The van der Waals surface area contributed by atoms with E-state index < -0.39 is 12.3 Å². The Kier molecular flexibility index (Phi) is 8.11. The van der Waals surface area contributed by atoms with Crippen molar-refractivity contribution < 1.29 is 32.5 Å². The van der Waals surface area contributed by atoms with E-state index in [0.29, 0.717) is 18.0 Å². The van der Waals surface area contributed by atoms with E-state index in [1.807, 2.05) is 5.38 Å². The molecule has 13 heteroatoms. The standard InChI is InChI=1S/C23H23F3N4O4S2/c1-33-19-12-16(21(31)32)4-7-18(19)28-36-20-14-35-22(27-20)30-10-8-29(9-11-30)13-15-2-5-17(6-3-15)34-23(24,25)26/h2-7,12,14,28H,8-11,13H2,1H3,(H,31,32). The Bertz CT molecular complexity index is 1180. The summed E-state index contributed by atoms with van der Waals surface area (Å²) in [5.74, 6) is -0.819. The second-order valence-electron chi connectivity index (χ2n) is 7.85. The van der Waals surface area contributed by atoms with Crippen molar-refractivity contribution >= 4 is 40.1 Å². The first-order chi connectivity index (χ1) is 17.2. The molecule has 0 atom stereocenters. The predicted molar refractivity (Wildman–Crippen MR) is 132 cm³/mol. The largest absolute Gasteiger partial charge is 0.573 e. The maximum atomic E-state index is 12.3. The highest BCUT2D eigenvalue weighted by Crippen LogP contribution is 2.32. The van der Waals surface area contributed by atoms with Gasteiger partial charge in [0.05, 0.1) is 18.4 Å². The second-order valence-corrected chi connectivity index (χ2v) is 9.51. The fourth-order valence-corrected chi connectivity index (χ4v) is 5.26. The highest BCUT2D eigenvalue weighted by Gasteiger charge is 2.31. The van der Waals surface area contributed by atoms with Gasteiger partial charge in [-0.05, 0) is 35.9 Å². The lowest BCUT2D eigenvalue weighted by Gasteiger charge is -2.34. The number of thiazole rings is 1. The number of carbonyl (C=O) groups is 1. The van der Waals surface area contributed by atoms with Crippen LogP contribution in [0.2, 0.25) is 0 Å². The number of anilines is 2. The number of hydrogen-bond donors (Lipinski definition) is 2. The molecule has 1 saturated heterocycles. The lowest BCUT2D eigenvalue weighted by Crippen LogP contribution is -2.45. The number of nitrogens with zero attached hydrogens (tertiary/aromatic N) is 3. The van der Waals surface area contributed by atoms with Crippen molar-refractivity contribution in [2.45, 2.75) is 17.9 Å². The first-order valence-corrected chi connectivity index (χ1v) is 12.5. The number of methoxy groups -OCH3 is 1. The van der Waals surface area contributed by atoms with E-state index in [1.54, 1.807) is 18.2 Å². The van der Waals surface area contributed by atoms with E-state index in [9.17, 15) is 18.0 Å². The Morgan fingerprint density at radius 2 is 1.89 bits per heavy atom. The Morgan fingerprint density at radius 3 is 2.53 bits per heavy atom. The second kappa shape index (κ2) is 11.3. The topological polar surface area (TPSA) is 87.2 Å². The van der Waals surface area contributed by atoms with Gasteiger partial charge in [-0.2, -0.15) is 0 Å². The number of ether oxygens (including phenoxy) is 2. The van der Waals surface area contributed by atoms with Gasteiger partial charge in [0.2, 0.25) is 0 Å². The summed E-state index contributed by atoms with van der Waals surface area (Å²) in [7, 11) is 1.48. The van der Waals surface area contributed by atoms with Crippen molar-refractivity contribution in [1.29, 1.82) is 0 Å². The van der Waals surface area contributed by atoms with Crippen molar-refractivity contribution in [3.05, 3.63) is 59.0 Å². The zero-order valence-electron chi connectivity index (χ0n) is 19.1. The third-order valence-corrected chi connectivity index (χ3v) is 7.18. The SMILES string of the molecule is COc1cc(C(=O)O)ccc1NSc1csc(N2CCN(Cc3ccc(OC(F)(F)F)cc3)CC2)n1. The van der Waals surface area contributed by atoms with Gasteiger partial charge in [-0.3, -0.25) is 4.90 Å². The van der Waals surface area contributed by atoms with Crippen LogP contribution >= 0.6 is 23.3 Å². The monoisotopic (exact) mass is 540 g/mol. The molecule has 1 aliphatic heterocycles. The summed E-state index contributed by atoms with van der Waals surface area (Å²) in [5.41, 5.74) is 1.71. The molecule has 0 spiro atoms. The minimum atomic E-state index is -4.69. The first kappa shape index (κ1) is 25.9. The number of alkyl halides is 3. The van der Waals surface area contributed by atoms with Gasteiger partial charge in [0.25, 0.3) is 0 Å². The number of piperazine rings is 1. The molecule has 0 radical (unpaired) electrons. The molecule has 0 bridgehead atoms. The number of aromatic carboxylic acids is 1. The molecule has 0 aliphatic carbocycles. The molecule has 1 aliphatic rings. The Balaban J connectivity index is 1.26. The fraction of sp³-hybridized carbons (Fsp3) is 0.304. The third kappa shape index (κ3) is 6.95. The van der Waals surface area contributed by atoms with Gasteiger partial charge in [-0.25, -0.2) is 9.78 Å². The predicted octanol–water partition coefficient (Wildman–Crippen LogP) is 5.19. The number of halogens is 3. The van der Waals surface area contributed by atoms with Crippen LogP contribution in [0.15, 0.2) is 52.9 Å². The molecule has 8 nitrogen and oxygen atoms in total. The molecular weight excluding hydrogens is 517 g/mol. The molecule has 4 rings (SSSR count). The lowest BCUT2D eigenvalue weighted by atomic mass is 10.2. The van der Waals surface area contributed by atoms with E-state index in [1.165, 1.54) is 54.7 Å². The van der Waals surface area contributed by atoms with E-state index in [-0.39, 0.29) is 11.3 Å². The summed E-state index contributed by atoms with van der Waals surface area (Å²) in [6.45, 7) is 3.81. The molecule has 1 aromatic heterocycles. The summed E-state index contributed by atoms with van der Waals surface area (Å²) in [6.07, 6.45) is -4.69. The zero-order valence-corrected chi connectivity index (χ0v) is 20.8. The van der Waals surface area contributed by atoms with Gasteiger partial charge in [-0.15, -0.1) is 24.5 Å². The molecule has 3 aromatic rings. The number of hydrogen-bond acceptors (Lipinski definition) is 9.